The maximum absolute atomic E-state index is 12.1. The Bertz CT molecular complexity index is 685. The van der Waals surface area contributed by atoms with Gasteiger partial charge in [-0.05, 0) is 24.6 Å². The Labute approximate surface area is 154 Å². The second-order valence-electron chi connectivity index (χ2n) is 6.51. The first-order valence-corrected chi connectivity index (χ1v) is 10.8. The highest BCUT2D eigenvalue weighted by molar-refractivity contribution is 8.00. The van der Waals surface area contributed by atoms with E-state index in [1.165, 1.54) is 0 Å². The number of nitrogens with one attached hydrogen (secondary N) is 1. The molecule has 1 aromatic carbocycles. The van der Waals surface area contributed by atoms with Crippen LogP contribution in [0.25, 0.3) is 0 Å². The molecular formula is C16H25ClN2O3S2. The number of sulfonamides is 1. The molecule has 0 aliphatic carbocycles. The van der Waals surface area contributed by atoms with Crippen LogP contribution in [0.1, 0.15) is 26.3 Å². The third-order valence-corrected chi connectivity index (χ3v) is 5.72. The van der Waals surface area contributed by atoms with Crippen molar-refractivity contribution < 1.29 is 13.2 Å². The first kappa shape index (κ1) is 21.1. The van der Waals surface area contributed by atoms with Gasteiger partial charge in [0, 0.05) is 22.1 Å². The van der Waals surface area contributed by atoms with Gasteiger partial charge in [-0.15, -0.1) is 0 Å². The van der Waals surface area contributed by atoms with E-state index in [1.54, 1.807) is 36.9 Å². The molecule has 24 heavy (non-hydrogen) atoms. The number of aryl methyl sites for hydroxylation is 1. The summed E-state index contributed by atoms with van der Waals surface area (Å²) >= 11 is 7.70. The molecule has 1 N–H and O–H groups in total. The van der Waals surface area contributed by atoms with E-state index in [-0.39, 0.29) is 17.2 Å². The average Bonchev–Trinajstić information content (AvgIpc) is 2.42. The minimum absolute atomic E-state index is 0.126. The average molecular weight is 393 g/mol. The minimum atomic E-state index is -3.60. The molecule has 1 amide bonds. The monoisotopic (exact) mass is 392 g/mol. The maximum atomic E-state index is 12.1. The van der Waals surface area contributed by atoms with Crippen LogP contribution in [-0.4, -0.2) is 44.2 Å². The lowest BCUT2D eigenvalue weighted by Crippen LogP contribution is -2.41. The second kappa shape index (κ2) is 8.45. The topological polar surface area (TPSA) is 66.5 Å². The molecule has 0 fully saturated rings. The number of benzene rings is 1. The summed E-state index contributed by atoms with van der Waals surface area (Å²) < 4.78 is 25.4. The molecule has 0 unspecified atom stereocenters. The van der Waals surface area contributed by atoms with Gasteiger partial charge in [-0.2, -0.15) is 11.8 Å². The SMILES string of the molecule is Cc1ccc(Cl)cc1N(CC(=O)NCCSC(C)(C)C)S(C)(=O)=O. The van der Waals surface area contributed by atoms with Gasteiger partial charge in [-0.1, -0.05) is 38.4 Å². The Morgan fingerprint density at radius 1 is 1.33 bits per heavy atom. The predicted octanol–water partition coefficient (Wildman–Crippen LogP) is 3.06. The van der Waals surface area contributed by atoms with Crippen molar-refractivity contribution in [1.29, 1.82) is 0 Å². The lowest BCUT2D eigenvalue weighted by Gasteiger charge is -2.24. The van der Waals surface area contributed by atoms with Gasteiger partial charge in [-0.3, -0.25) is 9.10 Å². The standard InChI is InChI=1S/C16H25ClN2O3S2/c1-12-6-7-13(17)10-14(12)19(24(5,21)22)11-15(20)18-8-9-23-16(2,3)4/h6-7,10H,8-9,11H2,1-5H3,(H,18,20). The minimum Gasteiger partial charge on any atom is -0.354 e. The van der Waals surface area contributed by atoms with E-state index in [2.05, 4.69) is 26.1 Å². The van der Waals surface area contributed by atoms with Crippen molar-refractivity contribution in [2.45, 2.75) is 32.4 Å². The van der Waals surface area contributed by atoms with Gasteiger partial charge >= 0.3 is 0 Å². The lowest BCUT2D eigenvalue weighted by molar-refractivity contribution is -0.119. The Kier molecular flexibility index (Phi) is 7.44. The zero-order valence-electron chi connectivity index (χ0n) is 14.7. The van der Waals surface area contributed by atoms with Crippen molar-refractivity contribution >= 4 is 45.0 Å². The van der Waals surface area contributed by atoms with Crippen LogP contribution >= 0.6 is 23.4 Å². The molecule has 0 saturated heterocycles. The van der Waals surface area contributed by atoms with Crippen LogP contribution in [0.15, 0.2) is 18.2 Å². The molecule has 0 aliphatic heterocycles. The fraction of sp³-hybridized carbons (Fsp3) is 0.562. The van der Waals surface area contributed by atoms with Gasteiger partial charge in [0.2, 0.25) is 15.9 Å². The fourth-order valence-corrected chi connectivity index (χ4v) is 3.85. The zero-order valence-corrected chi connectivity index (χ0v) is 17.1. The normalized spacial score (nSPS) is 12.1. The van der Waals surface area contributed by atoms with E-state index in [0.717, 1.165) is 21.9 Å². The molecule has 0 heterocycles. The molecule has 0 saturated carbocycles. The summed E-state index contributed by atoms with van der Waals surface area (Å²) in [7, 11) is -3.60. The summed E-state index contributed by atoms with van der Waals surface area (Å²) in [5.41, 5.74) is 1.16. The number of nitrogens with zero attached hydrogens (tertiary/aromatic N) is 1. The molecule has 8 heteroatoms. The van der Waals surface area contributed by atoms with Crippen LogP contribution in [0, 0.1) is 6.92 Å². The largest absolute Gasteiger partial charge is 0.354 e. The third kappa shape index (κ3) is 7.32. The number of thioether (sulfide) groups is 1. The van der Waals surface area contributed by atoms with Crippen molar-refractivity contribution in [3.05, 3.63) is 28.8 Å². The summed E-state index contributed by atoms with van der Waals surface area (Å²) in [5, 5.41) is 3.19. The van der Waals surface area contributed by atoms with Crippen LogP contribution in [0.4, 0.5) is 5.69 Å². The molecule has 1 aromatic rings. The van der Waals surface area contributed by atoms with Gasteiger partial charge in [0.25, 0.3) is 0 Å². The Morgan fingerprint density at radius 3 is 2.50 bits per heavy atom. The fourth-order valence-electron chi connectivity index (χ4n) is 1.97. The zero-order chi connectivity index (χ0) is 18.5. The summed E-state index contributed by atoms with van der Waals surface area (Å²) in [6.45, 7) is 8.32. The number of hydrogen-bond donors (Lipinski definition) is 1. The molecule has 136 valence electrons. The number of carbonyl (C=O) groups excluding carboxylic acids is 1. The molecule has 0 bridgehead atoms. The number of anilines is 1. The number of amides is 1. The first-order valence-electron chi connectivity index (χ1n) is 7.55. The smallest absolute Gasteiger partial charge is 0.240 e. The summed E-state index contributed by atoms with van der Waals surface area (Å²) in [4.78, 5) is 12.1. The molecule has 1 rings (SSSR count). The molecular weight excluding hydrogens is 368 g/mol. The van der Waals surface area contributed by atoms with Crippen molar-refractivity contribution in [3.8, 4) is 0 Å². The van der Waals surface area contributed by atoms with Crippen LogP contribution in [0.3, 0.4) is 0 Å². The van der Waals surface area contributed by atoms with E-state index in [4.69, 9.17) is 11.6 Å². The van der Waals surface area contributed by atoms with E-state index < -0.39 is 10.0 Å². The van der Waals surface area contributed by atoms with Crippen molar-refractivity contribution in [2.24, 2.45) is 0 Å². The van der Waals surface area contributed by atoms with Crippen molar-refractivity contribution in [2.75, 3.05) is 29.4 Å². The van der Waals surface area contributed by atoms with Crippen LogP contribution in [0.5, 0.6) is 0 Å². The molecule has 5 nitrogen and oxygen atoms in total. The predicted molar refractivity (Wildman–Crippen MR) is 104 cm³/mol. The molecule has 0 aromatic heterocycles. The molecule has 0 spiro atoms. The summed E-state index contributed by atoms with van der Waals surface area (Å²) in [6.07, 6.45) is 1.08. The molecule has 0 radical (unpaired) electrons. The highest BCUT2D eigenvalue weighted by Crippen LogP contribution is 2.26. The van der Waals surface area contributed by atoms with E-state index >= 15 is 0 Å². The number of hydrogen-bond acceptors (Lipinski definition) is 4. The number of halogens is 1. The third-order valence-electron chi connectivity index (χ3n) is 3.09. The summed E-state index contributed by atoms with van der Waals surface area (Å²) in [6, 6.07) is 4.97. The van der Waals surface area contributed by atoms with E-state index in [9.17, 15) is 13.2 Å². The summed E-state index contributed by atoms with van der Waals surface area (Å²) in [5.74, 6) is 0.430. The maximum Gasteiger partial charge on any atom is 0.240 e. The van der Waals surface area contributed by atoms with Crippen LogP contribution in [0.2, 0.25) is 5.02 Å². The van der Waals surface area contributed by atoms with Gasteiger partial charge in [0.15, 0.2) is 0 Å². The van der Waals surface area contributed by atoms with Gasteiger partial charge in [0.05, 0.1) is 11.9 Å². The lowest BCUT2D eigenvalue weighted by atomic mass is 10.2. The van der Waals surface area contributed by atoms with Crippen LogP contribution < -0.4 is 9.62 Å². The van der Waals surface area contributed by atoms with Gasteiger partial charge in [0.1, 0.15) is 6.54 Å². The first-order chi connectivity index (χ1) is 10.9. The Morgan fingerprint density at radius 2 is 1.96 bits per heavy atom. The Hall–Kier alpha value is -0.920. The Balaban J connectivity index is 2.78. The molecule has 0 atom stereocenters. The van der Waals surface area contributed by atoms with Crippen molar-refractivity contribution in [1.82, 2.24) is 5.32 Å². The number of rotatable bonds is 7. The van der Waals surface area contributed by atoms with Crippen LogP contribution in [-0.2, 0) is 14.8 Å². The van der Waals surface area contributed by atoms with Gasteiger partial charge < -0.3 is 5.32 Å². The van der Waals surface area contributed by atoms with Gasteiger partial charge in [-0.25, -0.2) is 8.42 Å². The highest BCUT2D eigenvalue weighted by Gasteiger charge is 2.22. The molecule has 0 aliphatic rings. The van der Waals surface area contributed by atoms with Crippen molar-refractivity contribution in [3.63, 3.8) is 0 Å². The number of carbonyl (C=O) groups is 1. The highest BCUT2D eigenvalue weighted by atomic mass is 35.5. The van der Waals surface area contributed by atoms with E-state index in [1.807, 2.05) is 0 Å². The second-order valence-corrected chi connectivity index (χ2v) is 10.8. The van der Waals surface area contributed by atoms with E-state index in [0.29, 0.717) is 17.3 Å². The quantitative estimate of drug-likeness (QED) is 0.724.